The zero-order valence-corrected chi connectivity index (χ0v) is 14.1. The maximum Gasteiger partial charge on any atom is 0.251 e. The summed E-state index contributed by atoms with van der Waals surface area (Å²) >= 11 is 7.46. The van der Waals surface area contributed by atoms with E-state index >= 15 is 0 Å². The number of aromatic nitrogens is 1. The molecule has 0 spiro atoms. The molecule has 0 aliphatic heterocycles. The summed E-state index contributed by atoms with van der Waals surface area (Å²) in [6.07, 6.45) is 1.80. The average molecular weight is 343 g/mol. The van der Waals surface area contributed by atoms with Gasteiger partial charge in [0.05, 0.1) is 6.54 Å². The summed E-state index contributed by atoms with van der Waals surface area (Å²) in [6.45, 7) is 2.40. The summed E-state index contributed by atoms with van der Waals surface area (Å²) in [5.74, 6) is -0.0652. The fourth-order valence-electron chi connectivity index (χ4n) is 2.21. The van der Waals surface area contributed by atoms with Gasteiger partial charge in [0, 0.05) is 27.2 Å². The Morgan fingerprint density at radius 3 is 2.65 bits per heavy atom. The largest absolute Gasteiger partial charge is 0.347 e. The molecule has 0 saturated heterocycles. The maximum atomic E-state index is 12.2. The Labute approximate surface area is 144 Å². The number of amides is 1. The number of carbonyl (C=O) groups excluding carboxylic acids is 1. The van der Waals surface area contributed by atoms with Crippen LogP contribution < -0.4 is 5.32 Å². The van der Waals surface area contributed by atoms with Gasteiger partial charge >= 0.3 is 0 Å². The van der Waals surface area contributed by atoms with Gasteiger partial charge in [-0.15, -0.1) is 11.3 Å². The first-order valence-corrected chi connectivity index (χ1v) is 8.37. The van der Waals surface area contributed by atoms with E-state index in [-0.39, 0.29) is 5.91 Å². The molecule has 2 aromatic carbocycles. The van der Waals surface area contributed by atoms with Crippen LogP contribution in [0.1, 0.15) is 20.8 Å². The molecule has 3 rings (SSSR count). The molecule has 1 heterocycles. The third-order valence-corrected chi connectivity index (χ3v) is 4.76. The molecule has 3 aromatic rings. The number of thiazole rings is 1. The molecule has 0 bridgehead atoms. The van der Waals surface area contributed by atoms with Crippen molar-refractivity contribution in [2.45, 2.75) is 13.5 Å². The number of rotatable bonds is 4. The van der Waals surface area contributed by atoms with Crippen LogP contribution in [0.3, 0.4) is 0 Å². The lowest BCUT2D eigenvalue weighted by molar-refractivity contribution is 0.0950. The second-order valence-electron chi connectivity index (χ2n) is 5.14. The molecule has 0 unspecified atom stereocenters. The van der Waals surface area contributed by atoms with Gasteiger partial charge in [0.25, 0.3) is 5.91 Å². The van der Waals surface area contributed by atoms with E-state index < -0.39 is 0 Å². The number of nitrogens with one attached hydrogen (secondary N) is 1. The molecule has 0 aliphatic carbocycles. The molecule has 0 radical (unpaired) electrons. The lowest BCUT2D eigenvalue weighted by Crippen LogP contribution is -2.23. The van der Waals surface area contributed by atoms with Crippen LogP contribution in [-0.4, -0.2) is 10.9 Å². The summed E-state index contributed by atoms with van der Waals surface area (Å²) in [5, 5.41) is 4.56. The number of aryl methyl sites for hydroxylation is 1. The molecule has 1 N–H and O–H groups in total. The van der Waals surface area contributed by atoms with Crippen LogP contribution in [0.5, 0.6) is 0 Å². The lowest BCUT2D eigenvalue weighted by Gasteiger charge is -2.05. The number of halogens is 1. The highest BCUT2D eigenvalue weighted by Gasteiger charge is 2.09. The minimum Gasteiger partial charge on any atom is -0.347 e. The van der Waals surface area contributed by atoms with Crippen LogP contribution in [-0.2, 0) is 6.54 Å². The van der Waals surface area contributed by atoms with Crippen molar-refractivity contribution < 1.29 is 4.79 Å². The first-order valence-electron chi connectivity index (χ1n) is 7.18. The molecular formula is C18H15ClN2OS. The molecule has 1 aromatic heterocycles. The van der Waals surface area contributed by atoms with Crippen LogP contribution in [0.4, 0.5) is 0 Å². The quantitative estimate of drug-likeness (QED) is 0.746. The first-order chi connectivity index (χ1) is 11.1. The summed E-state index contributed by atoms with van der Waals surface area (Å²) in [4.78, 5) is 17.6. The minimum atomic E-state index is -0.0652. The highest BCUT2D eigenvalue weighted by molar-refractivity contribution is 7.15. The summed E-state index contributed by atoms with van der Waals surface area (Å²) < 4.78 is 0. The maximum absolute atomic E-state index is 12.2. The van der Waals surface area contributed by atoms with E-state index in [0.29, 0.717) is 17.1 Å². The fraction of sp³-hybridized carbons (Fsp3) is 0.111. The standard InChI is InChI=1S/C18H15ClN2OS/c1-12-4-2-3-5-16(12)17(22)20-10-15-11-21-18(23-15)13-6-8-14(19)9-7-13/h2-9,11H,10H2,1H3,(H,20,22). The number of hydrogen-bond donors (Lipinski definition) is 1. The number of hydrogen-bond acceptors (Lipinski definition) is 3. The predicted molar refractivity (Wildman–Crippen MR) is 94.9 cm³/mol. The van der Waals surface area contributed by atoms with Crippen LogP contribution in [0.15, 0.2) is 54.7 Å². The Morgan fingerprint density at radius 1 is 1.17 bits per heavy atom. The topological polar surface area (TPSA) is 42.0 Å². The lowest BCUT2D eigenvalue weighted by atomic mass is 10.1. The predicted octanol–water partition coefficient (Wildman–Crippen LogP) is 4.70. The molecule has 116 valence electrons. The molecule has 3 nitrogen and oxygen atoms in total. The van der Waals surface area contributed by atoms with Gasteiger partial charge in [0.1, 0.15) is 5.01 Å². The Kier molecular flexibility index (Phi) is 4.74. The Balaban J connectivity index is 1.67. The SMILES string of the molecule is Cc1ccccc1C(=O)NCc1cnc(-c2ccc(Cl)cc2)s1. The highest BCUT2D eigenvalue weighted by atomic mass is 35.5. The van der Waals surface area contributed by atoms with Crippen LogP contribution in [0, 0.1) is 6.92 Å². The second kappa shape index (κ2) is 6.94. The van der Waals surface area contributed by atoms with E-state index in [9.17, 15) is 4.79 Å². The van der Waals surface area contributed by atoms with E-state index in [0.717, 1.165) is 21.0 Å². The van der Waals surface area contributed by atoms with Crippen molar-refractivity contribution >= 4 is 28.8 Å². The van der Waals surface area contributed by atoms with Gasteiger partial charge < -0.3 is 5.32 Å². The summed E-state index contributed by atoms with van der Waals surface area (Å²) in [6, 6.07) is 15.1. The molecule has 0 atom stereocenters. The molecule has 0 saturated carbocycles. The number of carbonyl (C=O) groups is 1. The van der Waals surface area contributed by atoms with E-state index in [4.69, 9.17) is 11.6 Å². The minimum absolute atomic E-state index is 0.0652. The van der Waals surface area contributed by atoms with Gasteiger partial charge in [-0.05, 0) is 30.7 Å². The Hall–Kier alpha value is -2.17. The molecule has 5 heteroatoms. The van der Waals surface area contributed by atoms with Crippen molar-refractivity contribution in [1.29, 1.82) is 0 Å². The zero-order chi connectivity index (χ0) is 16.2. The monoisotopic (exact) mass is 342 g/mol. The second-order valence-corrected chi connectivity index (χ2v) is 6.69. The zero-order valence-electron chi connectivity index (χ0n) is 12.5. The van der Waals surface area contributed by atoms with Crippen molar-refractivity contribution in [3.63, 3.8) is 0 Å². The van der Waals surface area contributed by atoms with Crippen molar-refractivity contribution in [3.05, 3.63) is 75.8 Å². The van der Waals surface area contributed by atoms with Gasteiger partial charge in [0.15, 0.2) is 0 Å². The molecule has 1 amide bonds. The van der Waals surface area contributed by atoms with E-state index in [2.05, 4.69) is 10.3 Å². The van der Waals surface area contributed by atoms with Crippen molar-refractivity contribution in [2.75, 3.05) is 0 Å². The van der Waals surface area contributed by atoms with E-state index in [1.807, 2.05) is 55.5 Å². The van der Waals surface area contributed by atoms with Crippen molar-refractivity contribution in [3.8, 4) is 10.6 Å². The smallest absolute Gasteiger partial charge is 0.251 e. The summed E-state index contributed by atoms with van der Waals surface area (Å²) in [5.41, 5.74) is 2.70. The van der Waals surface area contributed by atoms with Crippen LogP contribution in [0.25, 0.3) is 10.6 Å². The molecule has 23 heavy (non-hydrogen) atoms. The van der Waals surface area contributed by atoms with Gasteiger partial charge in [-0.25, -0.2) is 4.98 Å². The Morgan fingerprint density at radius 2 is 1.91 bits per heavy atom. The normalized spacial score (nSPS) is 10.5. The van der Waals surface area contributed by atoms with Gasteiger partial charge in [-0.3, -0.25) is 4.79 Å². The number of benzene rings is 2. The van der Waals surface area contributed by atoms with Gasteiger partial charge in [-0.1, -0.05) is 41.9 Å². The average Bonchev–Trinajstić information content (AvgIpc) is 3.03. The van der Waals surface area contributed by atoms with Gasteiger partial charge in [0.2, 0.25) is 0 Å². The molecule has 0 fully saturated rings. The third-order valence-electron chi connectivity index (χ3n) is 3.46. The number of nitrogens with zero attached hydrogens (tertiary/aromatic N) is 1. The first kappa shape index (κ1) is 15.7. The Bertz CT molecular complexity index is 827. The van der Waals surface area contributed by atoms with Gasteiger partial charge in [-0.2, -0.15) is 0 Å². The van der Waals surface area contributed by atoms with Crippen LogP contribution in [0.2, 0.25) is 5.02 Å². The summed E-state index contributed by atoms with van der Waals surface area (Å²) in [7, 11) is 0. The third kappa shape index (κ3) is 3.78. The van der Waals surface area contributed by atoms with E-state index in [1.54, 1.807) is 17.5 Å². The highest BCUT2D eigenvalue weighted by Crippen LogP contribution is 2.26. The molecule has 0 aliphatic rings. The molecular weight excluding hydrogens is 328 g/mol. The van der Waals surface area contributed by atoms with Crippen LogP contribution >= 0.6 is 22.9 Å². The van der Waals surface area contributed by atoms with Crippen molar-refractivity contribution in [2.24, 2.45) is 0 Å². The van der Waals surface area contributed by atoms with E-state index in [1.165, 1.54) is 0 Å². The van der Waals surface area contributed by atoms with Crippen molar-refractivity contribution in [1.82, 2.24) is 10.3 Å². The fourth-order valence-corrected chi connectivity index (χ4v) is 3.19.